The van der Waals surface area contributed by atoms with Crippen molar-refractivity contribution in [2.24, 2.45) is 0 Å². The van der Waals surface area contributed by atoms with E-state index in [2.05, 4.69) is 10.3 Å². The van der Waals surface area contributed by atoms with Crippen molar-refractivity contribution in [3.63, 3.8) is 0 Å². The molecule has 0 spiro atoms. The molecule has 3 rings (SSSR count). The Morgan fingerprint density at radius 1 is 1.05 bits per heavy atom. The van der Waals surface area contributed by atoms with Crippen LogP contribution in [-0.4, -0.2) is 11.5 Å². The molecule has 0 aliphatic heterocycles. The standard InChI is InChI=1S/C17H15FN2/c1-2-19-17-11-16(12-6-4-3-5-7-12)20-15-9-8-13(18)10-14(15)17/h3-11H,2H2,1H3,(H,19,20). The molecule has 1 N–H and O–H groups in total. The molecule has 0 fully saturated rings. The number of nitrogens with one attached hydrogen (secondary N) is 1. The molecule has 2 nitrogen and oxygen atoms in total. The Balaban J connectivity index is 2.23. The van der Waals surface area contributed by atoms with E-state index in [0.717, 1.165) is 34.4 Å². The van der Waals surface area contributed by atoms with Gasteiger partial charge in [-0.3, -0.25) is 0 Å². The fourth-order valence-corrected chi connectivity index (χ4v) is 2.29. The first kappa shape index (κ1) is 12.6. The fourth-order valence-electron chi connectivity index (χ4n) is 2.29. The van der Waals surface area contributed by atoms with Gasteiger partial charge in [-0.2, -0.15) is 0 Å². The highest BCUT2D eigenvalue weighted by Gasteiger charge is 2.08. The van der Waals surface area contributed by atoms with E-state index in [1.54, 1.807) is 6.07 Å². The second-order valence-corrected chi connectivity index (χ2v) is 4.61. The molecule has 0 saturated carbocycles. The van der Waals surface area contributed by atoms with Crippen molar-refractivity contribution >= 4 is 16.6 Å². The van der Waals surface area contributed by atoms with Gasteiger partial charge in [0.2, 0.25) is 0 Å². The van der Waals surface area contributed by atoms with Gasteiger partial charge in [0, 0.05) is 23.2 Å². The normalized spacial score (nSPS) is 10.7. The highest BCUT2D eigenvalue weighted by molar-refractivity contribution is 5.93. The predicted molar refractivity (Wildman–Crippen MR) is 81.3 cm³/mol. The third-order valence-corrected chi connectivity index (χ3v) is 3.21. The Morgan fingerprint density at radius 2 is 1.85 bits per heavy atom. The number of fused-ring (bicyclic) bond motifs is 1. The van der Waals surface area contributed by atoms with Crippen LogP contribution in [0.4, 0.5) is 10.1 Å². The Kier molecular flexibility index (Phi) is 3.33. The first-order valence-electron chi connectivity index (χ1n) is 6.67. The molecule has 20 heavy (non-hydrogen) atoms. The van der Waals surface area contributed by atoms with E-state index >= 15 is 0 Å². The Hall–Kier alpha value is -2.42. The zero-order valence-corrected chi connectivity index (χ0v) is 11.2. The van der Waals surface area contributed by atoms with Crippen LogP contribution in [0.3, 0.4) is 0 Å². The van der Waals surface area contributed by atoms with E-state index in [1.165, 1.54) is 12.1 Å². The molecule has 0 unspecified atom stereocenters. The summed E-state index contributed by atoms with van der Waals surface area (Å²) in [5.41, 5.74) is 3.65. The summed E-state index contributed by atoms with van der Waals surface area (Å²) < 4.78 is 13.4. The van der Waals surface area contributed by atoms with Gasteiger partial charge in [0.1, 0.15) is 5.82 Å². The molecule has 3 aromatic rings. The van der Waals surface area contributed by atoms with Crippen LogP contribution >= 0.6 is 0 Å². The molecule has 0 atom stereocenters. The minimum absolute atomic E-state index is 0.245. The number of halogens is 1. The molecule has 100 valence electrons. The van der Waals surface area contributed by atoms with Crippen molar-refractivity contribution in [1.29, 1.82) is 0 Å². The van der Waals surface area contributed by atoms with Crippen molar-refractivity contribution in [2.45, 2.75) is 6.92 Å². The van der Waals surface area contributed by atoms with E-state index in [-0.39, 0.29) is 5.82 Å². The minimum Gasteiger partial charge on any atom is -0.385 e. The number of benzene rings is 2. The topological polar surface area (TPSA) is 24.9 Å². The van der Waals surface area contributed by atoms with Gasteiger partial charge in [-0.1, -0.05) is 30.3 Å². The van der Waals surface area contributed by atoms with Gasteiger partial charge in [0.15, 0.2) is 0 Å². The number of anilines is 1. The monoisotopic (exact) mass is 266 g/mol. The summed E-state index contributed by atoms with van der Waals surface area (Å²) in [6.07, 6.45) is 0. The average molecular weight is 266 g/mol. The predicted octanol–water partition coefficient (Wildman–Crippen LogP) is 4.47. The molecule has 1 aromatic heterocycles. The van der Waals surface area contributed by atoms with Crippen molar-refractivity contribution in [1.82, 2.24) is 4.98 Å². The second-order valence-electron chi connectivity index (χ2n) is 4.61. The SMILES string of the molecule is CCNc1cc(-c2ccccc2)nc2ccc(F)cc12. The molecule has 1 heterocycles. The molecular weight excluding hydrogens is 251 g/mol. The van der Waals surface area contributed by atoms with Crippen LogP contribution in [0.2, 0.25) is 0 Å². The molecule has 0 amide bonds. The first-order valence-corrected chi connectivity index (χ1v) is 6.67. The number of pyridine rings is 1. The van der Waals surface area contributed by atoms with Gasteiger partial charge in [-0.25, -0.2) is 9.37 Å². The molecule has 0 bridgehead atoms. The Labute approximate surface area is 117 Å². The van der Waals surface area contributed by atoms with Crippen molar-refractivity contribution in [3.8, 4) is 11.3 Å². The van der Waals surface area contributed by atoms with E-state index in [1.807, 2.05) is 43.3 Å². The van der Waals surface area contributed by atoms with Crippen LogP contribution in [0.5, 0.6) is 0 Å². The summed E-state index contributed by atoms with van der Waals surface area (Å²) in [7, 11) is 0. The molecule has 3 heteroatoms. The molecule has 0 radical (unpaired) electrons. The Morgan fingerprint density at radius 3 is 2.60 bits per heavy atom. The summed E-state index contributed by atoms with van der Waals surface area (Å²) in [6, 6.07) is 16.6. The van der Waals surface area contributed by atoms with E-state index in [0.29, 0.717) is 0 Å². The van der Waals surface area contributed by atoms with Crippen LogP contribution in [0.1, 0.15) is 6.92 Å². The lowest BCUT2D eigenvalue weighted by Gasteiger charge is -2.11. The summed E-state index contributed by atoms with van der Waals surface area (Å²) in [5.74, 6) is -0.245. The lowest BCUT2D eigenvalue weighted by Crippen LogP contribution is -1.99. The van der Waals surface area contributed by atoms with Crippen molar-refractivity contribution < 1.29 is 4.39 Å². The molecule has 0 aliphatic carbocycles. The number of rotatable bonds is 3. The summed E-state index contributed by atoms with van der Waals surface area (Å²) in [6.45, 7) is 2.80. The van der Waals surface area contributed by atoms with Crippen LogP contribution < -0.4 is 5.32 Å². The zero-order chi connectivity index (χ0) is 13.9. The smallest absolute Gasteiger partial charge is 0.124 e. The maximum absolute atomic E-state index is 13.4. The molecule has 0 saturated heterocycles. The first-order chi connectivity index (χ1) is 9.78. The summed E-state index contributed by atoms with van der Waals surface area (Å²) >= 11 is 0. The van der Waals surface area contributed by atoms with Gasteiger partial charge in [0.05, 0.1) is 11.2 Å². The molecular formula is C17H15FN2. The fraction of sp³-hybridized carbons (Fsp3) is 0.118. The third kappa shape index (κ3) is 2.35. The van der Waals surface area contributed by atoms with E-state index in [4.69, 9.17) is 0 Å². The van der Waals surface area contributed by atoms with Gasteiger partial charge in [-0.15, -0.1) is 0 Å². The minimum atomic E-state index is -0.245. The van der Waals surface area contributed by atoms with E-state index < -0.39 is 0 Å². The van der Waals surface area contributed by atoms with Gasteiger partial charge >= 0.3 is 0 Å². The molecule has 2 aromatic carbocycles. The van der Waals surface area contributed by atoms with Gasteiger partial charge < -0.3 is 5.32 Å². The highest BCUT2D eigenvalue weighted by Crippen LogP contribution is 2.28. The van der Waals surface area contributed by atoms with Crippen LogP contribution in [0.15, 0.2) is 54.6 Å². The van der Waals surface area contributed by atoms with Gasteiger partial charge in [-0.05, 0) is 31.2 Å². The maximum Gasteiger partial charge on any atom is 0.124 e. The largest absolute Gasteiger partial charge is 0.385 e. The van der Waals surface area contributed by atoms with Crippen LogP contribution in [0, 0.1) is 5.82 Å². The zero-order valence-electron chi connectivity index (χ0n) is 11.2. The summed E-state index contributed by atoms with van der Waals surface area (Å²) in [4.78, 5) is 4.62. The van der Waals surface area contributed by atoms with Crippen molar-refractivity contribution in [2.75, 3.05) is 11.9 Å². The lowest BCUT2D eigenvalue weighted by atomic mass is 10.1. The second kappa shape index (κ2) is 5.29. The Bertz CT molecular complexity index is 739. The third-order valence-electron chi connectivity index (χ3n) is 3.21. The maximum atomic E-state index is 13.4. The lowest BCUT2D eigenvalue weighted by molar-refractivity contribution is 0.629. The van der Waals surface area contributed by atoms with Crippen LogP contribution in [0.25, 0.3) is 22.2 Å². The van der Waals surface area contributed by atoms with E-state index in [9.17, 15) is 4.39 Å². The average Bonchev–Trinajstić information content (AvgIpc) is 2.49. The van der Waals surface area contributed by atoms with Crippen LogP contribution in [-0.2, 0) is 0 Å². The number of aromatic nitrogens is 1. The number of hydrogen-bond acceptors (Lipinski definition) is 2. The highest BCUT2D eigenvalue weighted by atomic mass is 19.1. The molecule has 0 aliphatic rings. The van der Waals surface area contributed by atoms with Gasteiger partial charge in [0.25, 0.3) is 0 Å². The number of nitrogens with zero attached hydrogens (tertiary/aromatic N) is 1. The number of hydrogen-bond donors (Lipinski definition) is 1. The van der Waals surface area contributed by atoms with Crippen molar-refractivity contribution in [3.05, 3.63) is 60.4 Å². The summed E-state index contributed by atoms with van der Waals surface area (Å²) in [5, 5.41) is 4.09. The quantitative estimate of drug-likeness (QED) is 0.756.